The molecule has 4 aromatic carbocycles. The molecule has 7 heteroatoms. The average molecular weight is 564 g/mol. The Balaban J connectivity index is 1.48. The molecule has 208 valence electrons. The second-order valence-electron chi connectivity index (χ2n) is 9.84. The predicted molar refractivity (Wildman–Crippen MR) is 168 cm³/mol. The fraction of sp³-hybridized carbons (Fsp3) is 0.147. The highest BCUT2D eigenvalue weighted by Crippen LogP contribution is 2.27. The zero-order valence-corrected chi connectivity index (χ0v) is 24.3. The van der Waals surface area contributed by atoms with Gasteiger partial charge in [-0.1, -0.05) is 66.2 Å². The number of carbonyl (C=O) groups is 3. The van der Waals surface area contributed by atoms with E-state index in [9.17, 15) is 14.4 Å². The molecule has 3 N–H and O–H groups in total. The number of hydrogen-bond donors (Lipinski definition) is 3. The average Bonchev–Trinajstić information content (AvgIpc) is 2.95. The van der Waals surface area contributed by atoms with Gasteiger partial charge in [0, 0.05) is 21.8 Å². The molecule has 4 rings (SSSR count). The smallest absolute Gasteiger partial charge is 0.272 e. The van der Waals surface area contributed by atoms with Crippen LogP contribution in [-0.2, 0) is 9.59 Å². The molecule has 0 fully saturated rings. The van der Waals surface area contributed by atoms with Crippen LogP contribution >= 0.6 is 11.8 Å². The van der Waals surface area contributed by atoms with E-state index < -0.39 is 5.91 Å². The Morgan fingerprint density at radius 3 is 2.24 bits per heavy atom. The highest BCUT2D eigenvalue weighted by molar-refractivity contribution is 8.00. The van der Waals surface area contributed by atoms with Gasteiger partial charge in [0.15, 0.2) is 0 Å². The molecule has 0 bridgehead atoms. The molecule has 0 aliphatic carbocycles. The van der Waals surface area contributed by atoms with Crippen molar-refractivity contribution in [2.24, 2.45) is 0 Å². The summed E-state index contributed by atoms with van der Waals surface area (Å²) in [6, 6.07) is 29.7. The van der Waals surface area contributed by atoms with Crippen LogP contribution in [0.25, 0.3) is 6.08 Å². The highest BCUT2D eigenvalue weighted by Gasteiger charge is 2.18. The molecule has 3 amide bonds. The second kappa shape index (κ2) is 13.6. The Hall–Kier alpha value is -4.62. The second-order valence-corrected chi connectivity index (χ2v) is 11.3. The lowest BCUT2D eigenvalue weighted by Crippen LogP contribution is -2.30. The first kappa shape index (κ1) is 29.4. The minimum atomic E-state index is -0.460. The van der Waals surface area contributed by atoms with Gasteiger partial charge in [0.05, 0.1) is 5.25 Å². The zero-order valence-electron chi connectivity index (χ0n) is 23.5. The molecule has 0 aromatic heterocycles. The summed E-state index contributed by atoms with van der Waals surface area (Å²) in [6.07, 6.45) is 1.65. The number of amides is 3. The van der Waals surface area contributed by atoms with E-state index in [1.807, 2.05) is 94.4 Å². The van der Waals surface area contributed by atoms with E-state index in [2.05, 4.69) is 16.0 Å². The van der Waals surface area contributed by atoms with Gasteiger partial charge in [-0.05, 0) is 86.9 Å². The zero-order chi connectivity index (χ0) is 29.4. The van der Waals surface area contributed by atoms with Crippen molar-refractivity contribution in [3.8, 4) is 0 Å². The van der Waals surface area contributed by atoms with Crippen LogP contribution in [0.5, 0.6) is 0 Å². The number of rotatable bonds is 9. The number of carbonyl (C=O) groups excluding carboxylic acids is 3. The van der Waals surface area contributed by atoms with Gasteiger partial charge in [-0.3, -0.25) is 14.4 Å². The number of anilines is 2. The maximum Gasteiger partial charge on any atom is 0.272 e. The number of aryl methyl sites for hydroxylation is 3. The monoisotopic (exact) mass is 563 g/mol. The normalized spacial score (nSPS) is 11.9. The van der Waals surface area contributed by atoms with E-state index >= 15 is 0 Å². The van der Waals surface area contributed by atoms with Crippen molar-refractivity contribution in [2.45, 2.75) is 37.8 Å². The van der Waals surface area contributed by atoms with Crippen molar-refractivity contribution >= 4 is 46.9 Å². The van der Waals surface area contributed by atoms with Crippen molar-refractivity contribution in [2.75, 3.05) is 10.6 Å². The molecule has 0 heterocycles. The maximum absolute atomic E-state index is 13.4. The lowest BCUT2D eigenvalue weighted by atomic mass is 10.1. The molecule has 0 saturated heterocycles. The summed E-state index contributed by atoms with van der Waals surface area (Å²) in [6.45, 7) is 7.76. The molecule has 1 unspecified atom stereocenters. The Bertz CT molecular complexity index is 1600. The predicted octanol–water partition coefficient (Wildman–Crippen LogP) is 7.14. The molecular formula is C34H33N3O3S. The first-order chi connectivity index (χ1) is 19.7. The van der Waals surface area contributed by atoms with Gasteiger partial charge in [-0.15, -0.1) is 11.8 Å². The highest BCUT2D eigenvalue weighted by atomic mass is 32.2. The van der Waals surface area contributed by atoms with Crippen LogP contribution in [0.4, 0.5) is 11.4 Å². The van der Waals surface area contributed by atoms with Crippen LogP contribution in [0.15, 0.2) is 108 Å². The molecule has 41 heavy (non-hydrogen) atoms. The fourth-order valence-corrected chi connectivity index (χ4v) is 5.00. The fourth-order valence-electron chi connectivity index (χ4n) is 4.08. The third kappa shape index (κ3) is 8.43. The summed E-state index contributed by atoms with van der Waals surface area (Å²) in [7, 11) is 0. The van der Waals surface area contributed by atoms with Gasteiger partial charge in [0.25, 0.3) is 11.8 Å². The summed E-state index contributed by atoms with van der Waals surface area (Å²) in [5.74, 6) is -0.948. The van der Waals surface area contributed by atoms with Crippen molar-refractivity contribution in [3.63, 3.8) is 0 Å². The molecule has 0 aliphatic heterocycles. The van der Waals surface area contributed by atoms with Crippen molar-refractivity contribution in [1.82, 2.24) is 5.32 Å². The van der Waals surface area contributed by atoms with Gasteiger partial charge >= 0.3 is 0 Å². The van der Waals surface area contributed by atoms with Crippen molar-refractivity contribution in [3.05, 3.63) is 131 Å². The molecule has 0 saturated carbocycles. The largest absolute Gasteiger partial charge is 0.325 e. The minimum absolute atomic E-state index is 0.106. The molecular weight excluding hydrogens is 530 g/mol. The van der Waals surface area contributed by atoms with Crippen LogP contribution in [0, 0.1) is 20.8 Å². The number of nitrogens with one attached hydrogen (secondary N) is 3. The van der Waals surface area contributed by atoms with Crippen LogP contribution in [0.2, 0.25) is 0 Å². The number of hydrogen-bond acceptors (Lipinski definition) is 4. The van der Waals surface area contributed by atoms with E-state index in [0.717, 1.165) is 32.8 Å². The molecule has 6 nitrogen and oxygen atoms in total. The van der Waals surface area contributed by atoms with Gasteiger partial charge in [0.1, 0.15) is 5.70 Å². The topological polar surface area (TPSA) is 87.3 Å². The number of thioether (sulfide) groups is 1. The lowest BCUT2D eigenvalue weighted by molar-refractivity contribution is -0.115. The third-order valence-electron chi connectivity index (χ3n) is 6.31. The van der Waals surface area contributed by atoms with Gasteiger partial charge in [-0.2, -0.15) is 0 Å². The van der Waals surface area contributed by atoms with Crippen LogP contribution in [-0.4, -0.2) is 23.0 Å². The van der Waals surface area contributed by atoms with Crippen LogP contribution in [0.1, 0.15) is 39.5 Å². The van der Waals surface area contributed by atoms with E-state index in [4.69, 9.17) is 0 Å². The molecule has 1 atom stereocenters. The third-order valence-corrected chi connectivity index (χ3v) is 7.40. The summed E-state index contributed by atoms with van der Waals surface area (Å²) in [5, 5.41) is 8.30. The van der Waals surface area contributed by atoms with E-state index in [-0.39, 0.29) is 22.8 Å². The van der Waals surface area contributed by atoms with Gasteiger partial charge in [-0.25, -0.2) is 0 Å². The van der Waals surface area contributed by atoms with E-state index in [1.54, 1.807) is 36.4 Å². The molecule has 4 aromatic rings. The molecule has 0 aliphatic rings. The van der Waals surface area contributed by atoms with E-state index in [1.165, 1.54) is 11.8 Å². The van der Waals surface area contributed by atoms with Crippen LogP contribution in [0.3, 0.4) is 0 Å². The minimum Gasteiger partial charge on any atom is -0.325 e. The quantitative estimate of drug-likeness (QED) is 0.149. The maximum atomic E-state index is 13.4. The van der Waals surface area contributed by atoms with Crippen molar-refractivity contribution < 1.29 is 14.4 Å². The Morgan fingerprint density at radius 2 is 1.49 bits per heavy atom. The Labute approximate surface area is 245 Å². The molecule has 0 spiro atoms. The van der Waals surface area contributed by atoms with Crippen molar-refractivity contribution in [1.29, 1.82) is 0 Å². The summed E-state index contributed by atoms with van der Waals surface area (Å²) in [4.78, 5) is 40.0. The lowest BCUT2D eigenvalue weighted by Gasteiger charge is -2.15. The Morgan fingerprint density at radius 1 is 0.756 bits per heavy atom. The SMILES string of the molecule is Cc1cccc(/C=C(/NC(=O)c2ccccc2)C(=O)Nc2cccc(SC(C)C(=O)Nc3cc(C)ccc3C)c2)c1. The number of benzene rings is 4. The summed E-state index contributed by atoms with van der Waals surface area (Å²) >= 11 is 1.40. The molecule has 0 radical (unpaired) electrons. The summed E-state index contributed by atoms with van der Waals surface area (Å²) < 4.78 is 0. The van der Waals surface area contributed by atoms with E-state index in [0.29, 0.717) is 11.3 Å². The van der Waals surface area contributed by atoms with Gasteiger partial charge < -0.3 is 16.0 Å². The summed E-state index contributed by atoms with van der Waals surface area (Å²) in [5.41, 5.74) is 5.81. The van der Waals surface area contributed by atoms with Crippen LogP contribution < -0.4 is 16.0 Å². The first-order valence-electron chi connectivity index (χ1n) is 13.3. The Kier molecular flexibility index (Phi) is 9.77. The van der Waals surface area contributed by atoms with Gasteiger partial charge in [0.2, 0.25) is 5.91 Å². The standard InChI is InChI=1S/C34H33N3O3S/c1-22-10-8-11-26(18-22)20-31(37-33(39)27-12-6-5-7-13-27)34(40)35-28-14-9-15-29(21-28)41-25(4)32(38)36-30-19-23(2)16-17-24(30)3/h5-21,25H,1-4H3,(H,35,40)(H,36,38)(H,37,39)/b31-20+. The first-order valence-corrected chi connectivity index (χ1v) is 14.2.